The summed E-state index contributed by atoms with van der Waals surface area (Å²) in [5, 5.41) is 3.01. The summed E-state index contributed by atoms with van der Waals surface area (Å²) in [4.78, 5) is 10.2. The van der Waals surface area contributed by atoms with Crippen LogP contribution in [0.5, 0.6) is 0 Å². The van der Waals surface area contributed by atoms with Crippen molar-refractivity contribution in [1.82, 2.24) is 5.32 Å². The quantitative estimate of drug-likeness (QED) is 0.401. The van der Waals surface area contributed by atoms with Gasteiger partial charge in [0.2, 0.25) is 5.91 Å². The van der Waals surface area contributed by atoms with E-state index >= 15 is 0 Å². The standard InChI is InChI=1S/C8H14N2O2/c1-2-3-4-10-5-6-12-7-8(9)11/h10H,4-7H2,1H3,(H2,9,11). The summed E-state index contributed by atoms with van der Waals surface area (Å²) in [6.07, 6.45) is 0. The molecule has 0 atom stereocenters. The van der Waals surface area contributed by atoms with Crippen LogP contribution in [0.15, 0.2) is 0 Å². The Kier molecular flexibility index (Phi) is 7.35. The number of carbonyl (C=O) groups excluding carboxylic acids is 1. The number of primary amides is 1. The molecule has 0 unspecified atom stereocenters. The number of hydrogen-bond acceptors (Lipinski definition) is 3. The molecule has 0 spiro atoms. The van der Waals surface area contributed by atoms with Crippen molar-refractivity contribution in [2.75, 3.05) is 26.3 Å². The van der Waals surface area contributed by atoms with Crippen molar-refractivity contribution >= 4 is 5.91 Å². The Labute approximate surface area is 72.5 Å². The molecule has 0 aromatic carbocycles. The predicted molar refractivity (Wildman–Crippen MR) is 46.3 cm³/mol. The molecule has 4 nitrogen and oxygen atoms in total. The molecule has 0 aliphatic rings. The van der Waals surface area contributed by atoms with Crippen LogP contribution in [0.3, 0.4) is 0 Å². The molecule has 0 saturated carbocycles. The largest absolute Gasteiger partial charge is 0.370 e. The second-order valence-electron chi connectivity index (χ2n) is 2.12. The molecular formula is C8H14N2O2. The van der Waals surface area contributed by atoms with E-state index in [2.05, 4.69) is 17.2 Å². The minimum absolute atomic E-state index is 0.0128. The number of hydrogen-bond donors (Lipinski definition) is 2. The molecule has 3 N–H and O–H groups in total. The lowest BCUT2D eigenvalue weighted by Crippen LogP contribution is -2.24. The van der Waals surface area contributed by atoms with Gasteiger partial charge in [0.25, 0.3) is 0 Å². The summed E-state index contributed by atoms with van der Waals surface area (Å²) < 4.78 is 4.89. The second kappa shape index (κ2) is 8.05. The molecule has 4 heteroatoms. The molecule has 0 rings (SSSR count). The van der Waals surface area contributed by atoms with Gasteiger partial charge in [-0.05, 0) is 6.92 Å². The van der Waals surface area contributed by atoms with Gasteiger partial charge in [-0.1, -0.05) is 5.92 Å². The molecular weight excluding hydrogens is 156 g/mol. The number of amides is 1. The van der Waals surface area contributed by atoms with Gasteiger partial charge in [0.15, 0.2) is 0 Å². The molecule has 0 bridgehead atoms. The highest BCUT2D eigenvalue weighted by Gasteiger charge is 1.91. The fraction of sp³-hybridized carbons (Fsp3) is 0.625. The molecule has 0 aromatic rings. The van der Waals surface area contributed by atoms with Crippen LogP contribution in [0.1, 0.15) is 6.92 Å². The summed E-state index contributed by atoms with van der Waals surface area (Å²) in [6, 6.07) is 0. The topological polar surface area (TPSA) is 64.3 Å². The van der Waals surface area contributed by atoms with E-state index in [4.69, 9.17) is 10.5 Å². The Hall–Kier alpha value is -1.05. The highest BCUT2D eigenvalue weighted by molar-refractivity contribution is 5.74. The van der Waals surface area contributed by atoms with E-state index in [1.54, 1.807) is 6.92 Å². The number of nitrogens with one attached hydrogen (secondary N) is 1. The molecule has 68 valence electrons. The number of rotatable bonds is 6. The van der Waals surface area contributed by atoms with Gasteiger partial charge in [-0.25, -0.2) is 0 Å². The monoisotopic (exact) mass is 170 g/mol. The van der Waals surface area contributed by atoms with Crippen LogP contribution in [0, 0.1) is 11.8 Å². The summed E-state index contributed by atoms with van der Waals surface area (Å²) in [7, 11) is 0. The van der Waals surface area contributed by atoms with Crippen LogP contribution >= 0.6 is 0 Å². The Balaban J connectivity index is 2.99. The van der Waals surface area contributed by atoms with E-state index in [0.717, 1.165) is 0 Å². The van der Waals surface area contributed by atoms with Crippen LogP contribution in [0.2, 0.25) is 0 Å². The van der Waals surface area contributed by atoms with Gasteiger partial charge in [0.05, 0.1) is 13.2 Å². The Morgan fingerprint density at radius 3 is 3.00 bits per heavy atom. The van der Waals surface area contributed by atoms with Crippen LogP contribution in [-0.2, 0) is 9.53 Å². The van der Waals surface area contributed by atoms with Gasteiger partial charge < -0.3 is 15.8 Å². The minimum atomic E-state index is -0.441. The lowest BCUT2D eigenvalue weighted by molar-refractivity contribution is -0.122. The van der Waals surface area contributed by atoms with Crippen molar-refractivity contribution in [3.8, 4) is 11.8 Å². The molecule has 0 saturated heterocycles. The lowest BCUT2D eigenvalue weighted by atomic mass is 10.5. The Bertz CT molecular complexity index is 181. The lowest BCUT2D eigenvalue weighted by Gasteiger charge is -2.00. The molecule has 0 aliphatic heterocycles. The van der Waals surface area contributed by atoms with Gasteiger partial charge in [-0.2, -0.15) is 0 Å². The number of nitrogens with two attached hydrogens (primary N) is 1. The molecule has 0 aliphatic carbocycles. The first-order valence-corrected chi connectivity index (χ1v) is 3.73. The van der Waals surface area contributed by atoms with Crippen LogP contribution in [-0.4, -0.2) is 32.2 Å². The van der Waals surface area contributed by atoms with E-state index in [1.807, 2.05) is 0 Å². The van der Waals surface area contributed by atoms with Gasteiger partial charge in [-0.3, -0.25) is 4.79 Å². The van der Waals surface area contributed by atoms with Crippen LogP contribution in [0.25, 0.3) is 0 Å². The highest BCUT2D eigenvalue weighted by atomic mass is 16.5. The first-order valence-electron chi connectivity index (χ1n) is 3.73. The van der Waals surface area contributed by atoms with Crippen LogP contribution < -0.4 is 11.1 Å². The molecule has 0 radical (unpaired) electrons. The molecule has 12 heavy (non-hydrogen) atoms. The maximum Gasteiger partial charge on any atom is 0.243 e. The van der Waals surface area contributed by atoms with Gasteiger partial charge in [0.1, 0.15) is 6.61 Å². The number of ether oxygens (including phenoxy) is 1. The van der Waals surface area contributed by atoms with Crippen molar-refractivity contribution in [3.05, 3.63) is 0 Å². The third kappa shape index (κ3) is 8.95. The van der Waals surface area contributed by atoms with E-state index in [-0.39, 0.29) is 6.61 Å². The maximum absolute atomic E-state index is 10.2. The Morgan fingerprint density at radius 2 is 2.42 bits per heavy atom. The van der Waals surface area contributed by atoms with E-state index in [0.29, 0.717) is 19.7 Å². The molecule has 0 heterocycles. The third-order valence-corrected chi connectivity index (χ3v) is 1.06. The smallest absolute Gasteiger partial charge is 0.243 e. The third-order valence-electron chi connectivity index (χ3n) is 1.06. The predicted octanol–water partition coefficient (Wildman–Crippen LogP) is -0.899. The number of carbonyl (C=O) groups is 1. The Morgan fingerprint density at radius 1 is 1.67 bits per heavy atom. The first-order chi connectivity index (χ1) is 5.77. The van der Waals surface area contributed by atoms with Crippen molar-refractivity contribution in [2.45, 2.75) is 6.92 Å². The summed E-state index contributed by atoms with van der Waals surface area (Å²) in [6.45, 7) is 3.58. The van der Waals surface area contributed by atoms with Crippen molar-refractivity contribution in [2.24, 2.45) is 5.73 Å². The van der Waals surface area contributed by atoms with Gasteiger partial charge in [0, 0.05) is 6.54 Å². The minimum Gasteiger partial charge on any atom is -0.370 e. The van der Waals surface area contributed by atoms with E-state index < -0.39 is 5.91 Å². The molecule has 0 fully saturated rings. The van der Waals surface area contributed by atoms with Gasteiger partial charge >= 0.3 is 0 Å². The molecule has 0 aromatic heterocycles. The fourth-order valence-corrected chi connectivity index (χ4v) is 0.556. The second-order valence-corrected chi connectivity index (χ2v) is 2.12. The van der Waals surface area contributed by atoms with Crippen molar-refractivity contribution in [1.29, 1.82) is 0 Å². The summed E-state index contributed by atoms with van der Waals surface area (Å²) >= 11 is 0. The van der Waals surface area contributed by atoms with E-state index in [9.17, 15) is 4.79 Å². The zero-order chi connectivity index (χ0) is 9.23. The van der Waals surface area contributed by atoms with Gasteiger partial charge in [-0.15, -0.1) is 5.92 Å². The molecule has 1 amide bonds. The SMILES string of the molecule is CC#CCNCCOCC(N)=O. The van der Waals surface area contributed by atoms with Crippen molar-refractivity contribution < 1.29 is 9.53 Å². The summed E-state index contributed by atoms with van der Waals surface area (Å²) in [5.41, 5.74) is 4.85. The van der Waals surface area contributed by atoms with Crippen LogP contribution in [0.4, 0.5) is 0 Å². The zero-order valence-corrected chi connectivity index (χ0v) is 7.22. The zero-order valence-electron chi connectivity index (χ0n) is 7.22. The van der Waals surface area contributed by atoms with Crippen molar-refractivity contribution in [3.63, 3.8) is 0 Å². The summed E-state index contributed by atoms with van der Waals surface area (Å²) in [5.74, 6) is 5.15. The average Bonchev–Trinajstić information content (AvgIpc) is 2.02. The fourth-order valence-electron chi connectivity index (χ4n) is 0.556. The maximum atomic E-state index is 10.2. The van der Waals surface area contributed by atoms with E-state index in [1.165, 1.54) is 0 Å². The average molecular weight is 170 g/mol. The first kappa shape index (κ1) is 11.0. The normalized spacial score (nSPS) is 8.75. The highest BCUT2D eigenvalue weighted by Crippen LogP contribution is 1.70.